The van der Waals surface area contributed by atoms with Crippen molar-refractivity contribution in [1.82, 2.24) is 4.98 Å². The fourth-order valence-electron chi connectivity index (χ4n) is 2.59. The molecule has 0 spiro atoms. The van der Waals surface area contributed by atoms with Crippen molar-refractivity contribution < 1.29 is 9.84 Å². The van der Waals surface area contributed by atoms with Crippen LogP contribution in [0.25, 0.3) is 10.8 Å². The standard InChI is InChI=1S/C15H17NO2/c17-15-10-16-9-11-8-13(6-7-14(11)15)18-12-4-2-1-3-5-12/h6-10,12,17H,1-5H2. The highest BCUT2D eigenvalue weighted by Crippen LogP contribution is 2.29. The summed E-state index contributed by atoms with van der Waals surface area (Å²) in [4.78, 5) is 3.99. The first-order valence-corrected chi connectivity index (χ1v) is 6.56. The number of ether oxygens (including phenoxy) is 1. The molecular formula is C15H17NO2. The van der Waals surface area contributed by atoms with E-state index < -0.39 is 0 Å². The van der Waals surface area contributed by atoms with Gasteiger partial charge in [-0.3, -0.25) is 4.98 Å². The van der Waals surface area contributed by atoms with Crippen LogP contribution in [-0.2, 0) is 0 Å². The maximum absolute atomic E-state index is 9.68. The molecule has 1 aliphatic carbocycles. The molecule has 0 amide bonds. The van der Waals surface area contributed by atoms with Gasteiger partial charge in [-0.15, -0.1) is 0 Å². The molecule has 18 heavy (non-hydrogen) atoms. The molecule has 2 aromatic rings. The van der Waals surface area contributed by atoms with E-state index in [1.165, 1.54) is 25.5 Å². The lowest BCUT2D eigenvalue weighted by Gasteiger charge is -2.23. The quantitative estimate of drug-likeness (QED) is 0.875. The van der Waals surface area contributed by atoms with Crippen LogP contribution in [0.5, 0.6) is 11.5 Å². The number of aromatic hydroxyl groups is 1. The summed E-state index contributed by atoms with van der Waals surface area (Å²) in [6, 6.07) is 5.78. The van der Waals surface area contributed by atoms with Crippen LogP contribution < -0.4 is 4.74 Å². The molecule has 1 saturated carbocycles. The summed E-state index contributed by atoms with van der Waals surface area (Å²) in [6.07, 6.45) is 9.72. The maximum atomic E-state index is 9.68. The Morgan fingerprint density at radius 2 is 1.94 bits per heavy atom. The van der Waals surface area contributed by atoms with Crippen LogP contribution >= 0.6 is 0 Å². The molecule has 94 valence electrons. The summed E-state index contributed by atoms with van der Waals surface area (Å²) in [5, 5.41) is 11.4. The van der Waals surface area contributed by atoms with Crippen molar-refractivity contribution in [2.45, 2.75) is 38.2 Å². The van der Waals surface area contributed by atoms with Crippen LogP contribution in [-0.4, -0.2) is 16.2 Å². The average Bonchev–Trinajstić information content (AvgIpc) is 2.40. The van der Waals surface area contributed by atoms with Crippen LogP contribution in [0.4, 0.5) is 0 Å². The number of rotatable bonds is 2. The molecule has 0 aliphatic heterocycles. The highest BCUT2D eigenvalue weighted by molar-refractivity contribution is 5.88. The van der Waals surface area contributed by atoms with Gasteiger partial charge < -0.3 is 9.84 Å². The lowest BCUT2D eigenvalue weighted by atomic mass is 9.98. The Labute approximate surface area is 106 Å². The van der Waals surface area contributed by atoms with Gasteiger partial charge in [-0.25, -0.2) is 0 Å². The van der Waals surface area contributed by atoms with E-state index in [0.29, 0.717) is 6.10 Å². The molecule has 3 rings (SSSR count). The lowest BCUT2D eigenvalue weighted by Crippen LogP contribution is -2.19. The number of pyridine rings is 1. The smallest absolute Gasteiger partial charge is 0.141 e. The van der Waals surface area contributed by atoms with Crippen LogP contribution in [0, 0.1) is 0 Å². The molecule has 0 bridgehead atoms. The summed E-state index contributed by atoms with van der Waals surface area (Å²) in [6.45, 7) is 0. The molecule has 1 heterocycles. The van der Waals surface area contributed by atoms with Gasteiger partial charge in [0.15, 0.2) is 0 Å². The van der Waals surface area contributed by atoms with Crippen molar-refractivity contribution in [3.8, 4) is 11.5 Å². The Hall–Kier alpha value is -1.77. The number of hydrogen-bond acceptors (Lipinski definition) is 3. The summed E-state index contributed by atoms with van der Waals surface area (Å²) in [5.74, 6) is 1.10. The first-order chi connectivity index (χ1) is 8.83. The minimum Gasteiger partial charge on any atom is -0.506 e. The molecule has 0 atom stereocenters. The summed E-state index contributed by atoms with van der Waals surface area (Å²) >= 11 is 0. The second-order valence-electron chi connectivity index (χ2n) is 4.92. The predicted octanol–water partition coefficient (Wildman–Crippen LogP) is 3.65. The summed E-state index contributed by atoms with van der Waals surface area (Å²) in [5.41, 5.74) is 0. The van der Waals surface area contributed by atoms with Crippen LogP contribution in [0.3, 0.4) is 0 Å². The van der Waals surface area contributed by atoms with E-state index in [0.717, 1.165) is 29.4 Å². The third kappa shape index (κ3) is 2.26. The molecule has 0 saturated heterocycles. The monoisotopic (exact) mass is 243 g/mol. The zero-order chi connectivity index (χ0) is 12.4. The van der Waals surface area contributed by atoms with Crippen molar-refractivity contribution in [2.24, 2.45) is 0 Å². The molecule has 3 heteroatoms. The van der Waals surface area contributed by atoms with E-state index in [9.17, 15) is 5.11 Å². The summed E-state index contributed by atoms with van der Waals surface area (Å²) < 4.78 is 5.99. The van der Waals surface area contributed by atoms with E-state index in [1.807, 2.05) is 18.2 Å². The zero-order valence-corrected chi connectivity index (χ0v) is 10.3. The number of aromatic nitrogens is 1. The number of fused-ring (bicyclic) bond motifs is 1. The molecule has 1 aromatic heterocycles. The molecule has 0 radical (unpaired) electrons. The summed E-state index contributed by atoms with van der Waals surface area (Å²) in [7, 11) is 0. The fourth-order valence-corrected chi connectivity index (χ4v) is 2.59. The van der Waals surface area contributed by atoms with E-state index in [2.05, 4.69) is 4.98 Å². The third-order valence-electron chi connectivity index (χ3n) is 3.56. The van der Waals surface area contributed by atoms with E-state index >= 15 is 0 Å². The van der Waals surface area contributed by atoms with Crippen LogP contribution in [0.2, 0.25) is 0 Å². The minimum atomic E-state index is 0.219. The SMILES string of the molecule is Oc1cncc2cc(OC3CCCCC3)ccc12. The minimum absolute atomic E-state index is 0.219. The first-order valence-electron chi connectivity index (χ1n) is 6.56. The predicted molar refractivity (Wildman–Crippen MR) is 70.9 cm³/mol. The maximum Gasteiger partial charge on any atom is 0.141 e. The molecule has 1 N–H and O–H groups in total. The van der Waals surface area contributed by atoms with Gasteiger partial charge in [0.05, 0.1) is 12.3 Å². The van der Waals surface area contributed by atoms with Crippen molar-refractivity contribution in [3.05, 3.63) is 30.6 Å². The average molecular weight is 243 g/mol. The van der Waals surface area contributed by atoms with Gasteiger partial charge in [-0.1, -0.05) is 6.42 Å². The van der Waals surface area contributed by atoms with Crippen molar-refractivity contribution in [1.29, 1.82) is 0 Å². The highest BCUT2D eigenvalue weighted by atomic mass is 16.5. The van der Waals surface area contributed by atoms with Gasteiger partial charge in [0, 0.05) is 17.0 Å². The Morgan fingerprint density at radius 3 is 2.78 bits per heavy atom. The topological polar surface area (TPSA) is 42.4 Å². The Morgan fingerprint density at radius 1 is 1.11 bits per heavy atom. The van der Waals surface area contributed by atoms with Crippen LogP contribution in [0.15, 0.2) is 30.6 Å². The van der Waals surface area contributed by atoms with Gasteiger partial charge in [-0.2, -0.15) is 0 Å². The molecule has 3 nitrogen and oxygen atoms in total. The van der Waals surface area contributed by atoms with Crippen molar-refractivity contribution in [2.75, 3.05) is 0 Å². The van der Waals surface area contributed by atoms with Gasteiger partial charge in [0.1, 0.15) is 11.5 Å². The first kappa shape index (κ1) is 11.3. The molecule has 1 aromatic carbocycles. The number of benzene rings is 1. The van der Waals surface area contributed by atoms with E-state index in [-0.39, 0.29) is 5.75 Å². The highest BCUT2D eigenvalue weighted by Gasteiger charge is 2.15. The molecular weight excluding hydrogens is 226 g/mol. The molecule has 1 aliphatic rings. The van der Waals surface area contributed by atoms with Gasteiger partial charge in [0.25, 0.3) is 0 Å². The van der Waals surface area contributed by atoms with E-state index in [4.69, 9.17) is 4.74 Å². The Balaban J connectivity index is 1.84. The molecule has 1 fully saturated rings. The normalized spacial score (nSPS) is 16.9. The lowest BCUT2D eigenvalue weighted by molar-refractivity contribution is 0.155. The number of nitrogens with zero attached hydrogens (tertiary/aromatic N) is 1. The number of hydrogen-bond donors (Lipinski definition) is 1. The van der Waals surface area contributed by atoms with Gasteiger partial charge in [-0.05, 0) is 43.9 Å². The largest absolute Gasteiger partial charge is 0.506 e. The van der Waals surface area contributed by atoms with E-state index in [1.54, 1.807) is 6.20 Å². The van der Waals surface area contributed by atoms with Gasteiger partial charge >= 0.3 is 0 Å². The van der Waals surface area contributed by atoms with Gasteiger partial charge in [0.2, 0.25) is 0 Å². The Bertz CT molecular complexity index is 547. The van der Waals surface area contributed by atoms with Crippen molar-refractivity contribution >= 4 is 10.8 Å². The zero-order valence-electron chi connectivity index (χ0n) is 10.3. The molecule has 0 unspecified atom stereocenters. The third-order valence-corrected chi connectivity index (χ3v) is 3.56. The fraction of sp³-hybridized carbons (Fsp3) is 0.400. The van der Waals surface area contributed by atoms with Crippen LogP contribution in [0.1, 0.15) is 32.1 Å². The Kier molecular flexibility index (Phi) is 3.05. The second-order valence-corrected chi connectivity index (χ2v) is 4.92. The second kappa shape index (κ2) is 4.84. The van der Waals surface area contributed by atoms with Crippen molar-refractivity contribution in [3.63, 3.8) is 0 Å².